The predicted octanol–water partition coefficient (Wildman–Crippen LogP) is -1.86. The molecule has 27 heavy (non-hydrogen) atoms. The minimum Gasteiger partial charge on any atom is -0.480 e. The fourth-order valence-corrected chi connectivity index (χ4v) is 3.05. The molecule has 1 aliphatic rings. The van der Waals surface area contributed by atoms with Crippen LogP contribution in [0.15, 0.2) is 0 Å². The standard InChI is InChI=1S/C16H24N2O9/c1-7(11(15(24)26-3)16(25)27-4)12(14(22)23)17-13(21)10-5-9(20)6-18(10)8(2)19/h7,9-12,20H,5-6H2,1-4H3,(H,17,21)(H,22,23)/t7-,9+,10-,12-/m0/s1. The summed E-state index contributed by atoms with van der Waals surface area (Å²) in [5.74, 6) is -7.53. The van der Waals surface area contributed by atoms with Crippen molar-refractivity contribution in [3.8, 4) is 0 Å². The van der Waals surface area contributed by atoms with Crippen LogP contribution in [0.3, 0.4) is 0 Å². The van der Waals surface area contributed by atoms with E-state index < -0.39 is 59.7 Å². The van der Waals surface area contributed by atoms with E-state index in [0.717, 1.165) is 19.1 Å². The normalized spacial score (nSPS) is 21.3. The third-order valence-electron chi connectivity index (χ3n) is 4.51. The molecule has 0 spiro atoms. The number of β-amino-alcohol motifs (C(OH)–C–C–N with tert-alkyl or cyclic N) is 1. The van der Waals surface area contributed by atoms with Gasteiger partial charge in [0.2, 0.25) is 11.8 Å². The largest absolute Gasteiger partial charge is 0.480 e. The summed E-state index contributed by atoms with van der Waals surface area (Å²) in [5.41, 5.74) is 0. The maximum atomic E-state index is 12.5. The van der Waals surface area contributed by atoms with Crippen LogP contribution in [0, 0.1) is 11.8 Å². The molecule has 2 amide bonds. The van der Waals surface area contributed by atoms with Crippen molar-refractivity contribution in [1.29, 1.82) is 0 Å². The second kappa shape index (κ2) is 9.31. The summed E-state index contributed by atoms with van der Waals surface area (Å²) in [6.45, 7) is 2.46. The molecule has 0 aromatic heterocycles. The van der Waals surface area contributed by atoms with Crippen molar-refractivity contribution < 1.29 is 43.7 Å². The zero-order valence-electron chi connectivity index (χ0n) is 15.5. The van der Waals surface area contributed by atoms with E-state index >= 15 is 0 Å². The number of rotatable bonds is 7. The molecule has 0 aliphatic carbocycles. The molecular weight excluding hydrogens is 364 g/mol. The molecule has 1 fully saturated rings. The number of aliphatic carboxylic acids is 1. The summed E-state index contributed by atoms with van der Waals surface area (Å²) in [7, 11) is 2.06. The van der Waals surface area contributed by atoms with Gasteiger partial charge in [0, 0.05) is 25.8 Å². The minimum atomic E-state index is -1.63. The monoisotopic (exact) mass is 388 g/mol. The number of aliphatic hydroxyl groups excluding tert-OH is 1. The van der Waals surface area contributed by atoms with Crippen molar-refractivity contribution in [2.24, 2.45) is 11.8 Å². The second-order valence-electron chi connectivity index (χ2n) is 6.28. The number of esters is 2. The number of aliphatic hydroxyl groups is 1. The summed E-state index contributed by atoms with van der Waals surface area (Å²) in [6, 6.07) is -2.69. The lowest BCUT2D eigenvalue weighted by Gasteiger charge is -2.28. The Kier molecular flexibility index (Phi) is 7.70. The van der Waals surface area contributed by atoms with Crippen molar-refractivity contribution in [2.75, 3.05) is 20.8 Å². The summed E-state index contributed by atoms with van der Waals surface area (Å²) >= 11 is 0. The third-order valence-corrected chi connectivity index (χ3v) is 4.51. The molecule has 11 nitrogen and oxygen atoms in total. The zero-order chi connectivity index (χ0) is 20.9. The highest BCUT2D eigenvalue weighted by Crippen LogP contribution is 2.22. The van der Waals surface area contributed by atoms with Crippen molar-refractivity contribution in [3.63, 3.8) is 0 Å². The molecule has 0 bridgehead atoms. The van der Waals surface area contributed by atoms with E-state index in [1.165, 1.54) is 13.8 Å². The van der Waals surface area contributed by atoms with Crippen molar-refractivity contribution in [1.82, 2.24) is 10.2 Å². The number of hydrogen-bond acceptors (Lipinski definition) is 8. The molecule has 4 atom stereocenters. The van der Waals surface area contributed by atoms with E-state index in [0.29, 0.717) is 0 Å². The number of carboxylic acids is 1. The van der Waals surface area contributed by atoms with Crippen LogP contribution >= 0.6 is 0 Å². The Bertz CT molecular complexity index is 605. The van der Waals surface area contributed by atoms with E-state index in [4.69, 9.17) is 0 Å². The van der Waals surface area contributed by atoms with Gasteiger partial charge < -0.3 is 29.9 Å². The topological polar surface area (TPSA) is 160 Å². The first-order chi connectivity index (χ1) is 12.5. The Labute approximate surface area is 155 Å². The Hall–Kier alpha value is -2.69. The number of nitrogens with zero attached hydrogens (tertiary/aromatic N) is 1. The molecular formula is C16H24N2O9. The first kappa shape index (κ1) is 22.4. The third kappa shape index (κ3) is 5.16. The van der Waals surface area contributed by atoms with Gasteiger partial charge in [0.1, 0.15) is 12.1 Å². The number of methoxy groups -OCH3 is 2. The van der Waals surface area contributed by atoms with Gasteiger partial charge in [0.05, 0.1) is 20.3 Å². The Balaban J connectivity index is 3.05. The highest BCUT2D eigenvalue weighted by molar-refractivity contribution is 5.97. The van der Waals surface area contributed by atoms with Gasteiger partial charge in [-0.15, -0.1) is 0 Å². The quantitative estimate of drug-likeness (QED) is 0.335. The van der Waals surface area contributed by atoms with Crippen LogP contribution in [0.5, 0.6) is 0 Å². The molecule has 0 aromatic rings. The van der Waals surface area contributed by atoms with Crippen molar-refractivity contribution >= 4 is 29.7 Å². The first-order valence-corrected chi connectivity index (χ1v) is 8.19. The van der Waals surface area contributed by atoms with Crippen LogP contribution in [0.25, 0.3) is 0 Å². The predicted molar refractivity (Wildman–Crippen MR) is 88.1 cm³/mol. The van der Waals surface area contributed by atoms with Gasteiger partial charge in [0.15, 0.2) is 5.92 Å². The van der Waals surface area contributed by atoms with Crippen molar-refractivity contribution in [2.45, 2.75) is 38.5 Å². The first-order valence-electron chi connectivity index (χ1n) is 8.19. The number of nitrogens with one attached hydrogen (secondary N) is 1. The Morgan fingerprint density at radius 1 is 1.11 bits per heavy atom. The fourth-order valence-electron chi connectivity index (χ4n) is 3.05. The number of carbonyl (C=O) groups excluding carboxylic acids is 4. The molecule has 0 saturated carbocycles. The van der Waals surface area contributed by atoms with Gasteiger partial charge >= 0.3 is 17.9 Å². The van der Waals surface area contributed by atoms with Gasteiger partial charge in [0.25, 0.3) is 0 Å². The van der Waals surface area contributed by atoms with Crippen LogP contribution < -0.4 is 5.32 Å². The maximum Gasteiger partial charge on any atom is 0.326 e. The van der Waals surface area contributed by atoms with Gasteiger partial charge in [-0.05, 0) is 0 Å². The molecule has 0 unspecified atom stereocenters. The molecule has 0 radical (unpaired) electrons. The molecule has 3 N–H and O–H groups in total. The van der Waals surface area contributed by atoms with Crippen LogP contribution in [-0.2, 0) is 33.4 Å². The number of ether oxygens (including phenoxy) is 2. The summed E-state index contributed by atoms with van der Waals surface area (Å²) in [6.07, 6.45) is -0.966. The summed E-state index contributed by atoms with van der Waals surface area (Å²) < 4.78 is 9.04. The highest BCUT2D eigenvalue weighted by Gasteiger charge is 2.44. The van der Waals surface area contributed by atoms with Gasteiger partial charge in [-0.2, -0.15) is 0 Å². The molecule has 1 heterocycles. The van der Waals surface area contributed by atoms with Gasteiger partial charge in [-0.25, -0.2) is 4.79 Å². The van der Waals surface area contributed by atoms with Crippen LogP contribution in [0.1, 0.15) is 20.3 Å². The zero-order valence-corrected chi connectivity index (χ0v) is 15.5. The smallest absolute Gasteiger partial charge is 0.326 e. The van der Waals surface area contributed by atoms with Crippen LogP contribution in [-0.4, -0.2) is 83.8 Å². The van der Waals surface area contributed by atoms with E-state index in [1.54, 1.807) is 0 Å². The lowest BCUT2D eigenvalue weighted by atomic mass is 9.87. The number of carbonyl (C=O) groups is 5. The average Bonchev–Trinajstić information content (AvgIpc) is 3.00. The average molecular weight is 388 g/mol. The molecule has 152 valence electrons. The lowest BCUT2D eigenvalue weighted by molar-refractivity contribution is -0.163. The van der Waals surface area contributed by atoms with Crippen LogP contribution in [0.2, 0.25) is 0 Å². The number of likely N-dealkylation sites (tertiary alicyclic amines) is 1. The molecule has 0 aromatic carbocycles. The number of hydrogen-bond donors (Lipinski definition) is 3. The van der Waals surface area contributed by atoms with Gasteiger partial charge in [-0.3, -0.25) is 19.2 Å². The van der Waals surface area contributed by atoms with Gasteiger partial charge in [-0.1, -0.05) is 6.92 Å². The fraction of sp³-hybridized carbons (Fsp3) is 0.688. The maximum absolute atomic E-state index is 12.5. The van der Waals surface area contributed by atoms with Crippen molar-refractivity contribution in [3.05, 3.63) is 0 Å². The number of carboxylic acid groups (broad SMARTS) is 1. The molecule has 1 saturated heterocycles. The summed E-state index contributed by atoms with van der Waals surface area (Å²) in [4.78, 5) is 60.7. The molecule has 11 heteroatoms. The van der Waals surface area contributed by atoms with E-state index in [2.05, 4.69) is 14.8 Å². The Morgan fingerprint density at radius 2 is 1.63 bits per heavy atom. The molecule has 1 aliphatic heterocycles. The summed E-state index contributed by atoms with van der Waals surface area (Å²) in [5, 5.41) is 21.4. The van der Waals surface area contributed by atoms with E-state index in [-0.39, 0.29) is 13.0 Å². The number of amides is 2. The SMILES string of the molecule is COC(=O)C(C(=O)OC)[C@H](C)[C@H](NC(=O)[C@@H]1C[C@@H](O)CN1C(C)=O)C(=O)O. The van der Waals surface area contributed by atoms with E-state index in [9.17, 15) is 34.2 Å². The minimum absolute atomic E-state index is 0.0480. The molecule has 1 rings (SSSR count). The Morgan fingerprint density at radius 3 is 2.04 bits per heavy atom. The second-order valence-corrected chi connectivity index (χ2v) is 6.28. The lowest BCUT2D eigenvalue weighted by Crippen LogP contribution is -2.55. The highest BCUT2D eigenvalue weighted by atomic mass is 16.5. The van der Waals surface area contributed by atoms with E-state index in [1.807, 2.05) is 0 Å². The van der Waals surface area contributed by atoms with Crippen LogP contribution in [0.4, 0.5) is 0 Å².